The van der Waals surface area contributed by atoms with Crippen LogP contribution in [0.15, 0.2) is 30.5 Å². The molecule has 2 aliphatic heterocycles. The maximum atomic E-state index is 13.5. The molecule has 3 aromatic rings. The Morgan fingerprint density at radius 1 is 1.16 bits per heavy atom. The molecule has 2 saturated heterocycles. The molecule has 1 atom stereocenters. The summed E-state index contributed by atoms with van der Waals surface area (Å²) < 4.78 is 4.66. The average Bonchev–Trinajstić information content (AvgIpc) is 3.48. The maximum absolute atomic E-state index is 13.5. The first-order valence-corrected chi connectivity index (χ1v) is 12.0. The van der Waals surface area contributed by atoms with Crippen molar-refractivity contribution in [3.63, 3.8) is 0 Å². The van der Waals surface area contributed by atoms with Gasteiger partial charge in [0.05, 0.1) is 23.0 Å². The molecule has 32 heavy (non-hydrogen) atoms. The molecule has 7 nitrogen and oxygen atoms in total. The van der Waals surface area contributed by atoms with Gasteiger partial charge in [-0.1, -0.05) is 24.4 Å². The molecule has 2 fully saturated rings. The zero-order valence-electron chi connectivity index (χ0n) is 18.1. The van der Waals surface area contributed by atoms with Gasteiger partial charge in [-0.3, -0.25) is 4.79 Å². The SMILES string of the molecule is Cc1cn2nc(C3CCCCN3C(=O)c3cc(Cl)ccc3NS)cc2nc1N1CCCC1. The number of hydrogen-bond acceptors (Lipinski definition) is 6. The molecule has 4 heterocycles. The number of rotatable bonds is 4. The fourth-order valence-electron chi connectivity index (χ4n) is 4.86. The second kappa shape index (κ2) is 8.83. The van der Waals surface area contributed by atoms with Gasteiger partial charge in [-0.05, 0) is 57.2 Å². The Hall–Kier alpha value is -2.45. The van der Waals surface area contributed by atoms with Gasteiger partial charge in [-0.15, -0.1) is 0 Å². The minimum atomic E-state index is -0.0970. The first kappa shape index (κ1) is 21.4. The van der Waals surface area contributed by atoms with Crippen molar-refractivity contribution >= 4 is 47.5 Å². The minimum Gasteiger partial charge on any atom is -0.356 e. The normalized spacial score (nSPS) is 19.0. The van der Waals surface area contributed by atoms with E-state index in [2.05, 4.69) is 29.4 Å². The number of benzene rings is 1. The Morgan fingerprint density at radius 2 is 1.94 bits per heavy atom. The third-order valence-corrected chi connectivity index (χ3v) is 6.94. The smallest absolute Gasteiger partial charge is 0.256 e. The van der Waals surface area contributed by atoms with Crippen LogP contribution >= 0.6 is 24.4 Å². The number of piperidine rings is 1. The molecule has 2 aromatic heterocycles. The molecule has 0 spiro atoms. The molecule has 1 amide bonds. The van der Waals surface area contributed by atoms with Crippen LogP contribution in [0.25, 0.3) is 5.65 Å². The third-order valence-electron chi connectivity index (χ3n) is 6.47. The number of aryl methyl sites for hydroxylation is 1. The monoisotopic (exact) mass is 470 g/mol. The number of amides is 1. The van der Waals surface area contributed by atoms with Gasteiger partial charge in [0.2, 0.25) is 0 Å². The number of halogens is 1. The summed E-state index contributed by atoms with van der Waals surface area (Å²) in [5, 5.41) is 5.36. The fourth-order valence-corrected chi connectivity index (χ4v) is 5.23. The Balaban J connectivity index is 1.49. The lowest BCUT2D eigenvalue weighted by atomic mass is 9.98. The van der Waals surface area contributed by atoms with Gasteiger partial charge in [-0.2, -0.15) is 5.10 Å². The van der Waals surface area contributed by atoms with Gasteiger partial charge in [0.25, 0.3) is 5.91 Å². The first-order chi connectivity index (χ1) is 15.5. The molecule has 0 radical (unpaired) electrons. The van der Waals surface area contributed by atoms with Crippen LogP contribution < -0.4 is 9.62 Å². The molecule has 0 bridgehead atoms. The van der Waals surface area contributed by atoms with Crippen molar-refractivity contribution in [3.8, 4) is 0 Å². The summed E-state index contributed by atoms with van der Waals surface area (Å²) in [5.41, 5.74) is 3.99. The van der Waals surface area contributed by atoms with E-state index in [-0.39, 0.29) is 11.9 Å². The molecule has 168 valence electrons. The van der Waals surface area contributed by atoms with Crippen LogP contribution in [0.4, 0.5) is 11.5 Å². The second-order valence-electron chi connectivity index (χ2n) is 8.63. The number of fused-ring (bicyclic) bond motifs is 1. The van der Waals surface area contributed by atoms with E-state index in [1.54, 1.807) is 18.2 Å². The molecule has 5 rings (SSSR count). The van der Waals surface area contributed by atoms with Gasteiger partial charge in [-0.25, -0.2) is 9.50 Å². The predicted octanol–water partition coefficient (Wildman–Crippen LogP) is 4.92. The van der Waals surface area contributed by atoms with Crippen molar-refractivity contribution in [2.75, 3.05) is 29.3 Å². The fraction of sp³-hybridized carbons (Fsp3) is 0.435. The van der Waals surface area contributed by atoms with E-state index < -0.39 is 0 Å². The molecule has 0 saturated carbocycles. The lowest BCUT2D eigenvalue weighted by Gasteiger charge is -2.35. The van der Waals surface area contributed by atoms with E-state index in [9.17, 15) is 4.79 Å². The summed E-state index contributed by atoms with van der Waals surface area (Å²) in [6.07, 6.45) is 7.37. The highest BCUT2D eigenvalue weighted by molar-refractivity contribution is 7.81. The molecule has 0 aliphatic carbocycles. The molecular formula is C23H27ClN6OS. The number of aromatic nitrogens is 3. The lowest BCUT2D eigenvalue weighted by molar-refractivity contribution is 0.0607. The number of nitrogens with one attached hydrogen (secondary N) is 1. The molecule has 1 unspecified atom stereocenters. The summed E-state index contributed by atoms with van der Waals surface area (Å²) in [6.45, 7) is 4.87. The van der Waals surface area contributed by atoms with Crippen LogP contribution in [0.5, 0.6) is 0 Å². The second-order valence-corrected chi connectivity index (χ2v) is 9.29. The largest absolute Gasteiger partial charge is 0.356 e. The van der Waals surface area contributed by atoms with Gasteiger partial charge in [0.15, 0.2) is 5.65 Å². The Labute approximate surface area is 198 Å². The van der Waals surface area contributed by atoms with Crippen LogP contribution in [0.3, 0.4) is 0 Å². The zero-order chi connectivity index (χ0) is 22.2. The zero-order valence-corrected chi connectivity index (χ0v) is 19.7. The molecule has 1 aromatic carbocycles. The van der Waals surface area contributed by atoms with Crippen LogP contribution in [0.1, 0.15) is 59.8 Å². The first-order valence-electron chi connectivity index (χ1n) is 11.2. The minimum absolute atomic E-state index is 0.0623. The number of likely N-dealkylation sites (tertiary alicyclic amines) is 1. The van der Waals surface area contributed by atoms with Crippen LogP contribution in [0.2, 0.25) is 5.02 Å². The number of thiol groups is 1. The Bertz CT molecular complexity index is 1160. The van der Waals surface area contributed by atoms with Gasteiger partial charge >= 0.3 is 0 Å². The van der Waals surface area contributed by atoms with Crippen molar-refractivity contribution in [1.29, 1.82) is 0 Å². The van der Waals surface area contributed by atoms with E-state index in [1.165, 1.54) is 12.8 Å². The third kappa shape index (κ3) is 3.90. The lowest BCUT2D eigenvalue weighted by Crippen LogP contribution is -2.39. The highest BCUT2D eigenvalue weighted by Gasteiger charge is 2.32. The summed E-state index contributed by atoms with van der Waals surface area (Å²) in [7, 11) is 0. The number of hydrogen-bond donors (Lipinski definition) is 2. The number of anilines is 2. The number of nitrogens with zero attached hydrogens (tertiary/aromatic N) is 5. The topological polar surface area (TPSA) is 65.8 Å². The van der Waals surface area contributed by atoms with E-state index >= 15 is 0 Å². The average molecular weight is 471 g/mol. The Kier molecular flexibility index (Phi) is 5.90. The van der Waals surface area contributed by atoms with Gasteiger partial charge in [0.1, 0.15) is 5.82 Å². The summed E-state index contributed by atoms with van der Waals surface area (Å²) in [6, 6.07) is 7.16. The van der Waals surface area contributed by atoms with Crippen molar-refractivity contribution in [2.24, 2.45) is 0 Å². The van der Waals surface area contributed by atoms with Gasteiger partial charge in [0, 0.05) is 42.5 Å². The standard InChI is InChI=1S/C23H27ClN6OS/c1-15-14-30-21(25-22(15)28-9-4-5-10-28)13-19(26-30)20-6-2-3-11-29(20)23(31)17-12-16(24)7-8-18(17)27-32/h7-8,12-14,20,27,32H,2-6,9-11H2,1H3. The van der Waals surface area contributed by atoms with Crippen LogP contribution in [-0.4, -0.2) is 45.0 Å². The summed E-state index contributed by atoms with van der Waals surface area (Å²) in [4.78, 5) is 22.7. The maximum Gasteiger partial charge on any atom is 0.256 e. The van der Waals surface area contributed by atoms with Crippen molar-refractivity contribution < 1.29 is 4.79 Å². The quantitative estimate of drug-likeness (QED) is 0.530. The molecular weight excluding hydrogens is 444 g/mol. The van der Waals surface area contributed by atoms with E-state index in [1.807, 2.05) is 21.7 Å². The summed E-state index contributed by atoms with van der Waals surface area (Å²) >= 11 is 10.4. The highest BCUT2D eigenvalue weighted by atomic mass is 35.5. The van der Waals surface area contributed by atoms with E-state index in [4.69, 9.17) is 21.7 Å². The number of carbonyl (C=O) groups excluding carboxylic acids is 1. The molecule has 9 heteroatoms. The Morgan fingerprint density at radius 3 is 2.72 bits per heavy atom. The van der Waals surface area contributed by atoms with Crippen LogP contribution in [0, 0.1) is 6.92 Å². The van der Waals surface area contributed by atoms with Gasteiger partial charge < -0.3 is 14.5 Å². The van der Waals surface area contributed by atoms with E-state index in [0.717, 1.165) is 55.1 Å². The van der Waals surface area contributed by atoms with Crippen molar-refractivity contribution in [1.82, 2.24) is 19.5 Å². The summed E-state index contributed by atoms with van der Waals surface area (Å²) in [5.74, 6) is 0.981. The van der Waals surface area contributed by atoms with E-state index in [0.29, 0.717) is 22.8 Å². The van der Waals surface area contributed by atoms with Crippen molar-refractivity contribution in [2.45, 2.75) is 45.1 Å². The molecule has 1 N–H and O–H groups in total. The predicted molar refractivity (Wildman–Crippen MR) is 131 cm³/mol. The number of carbonyl (C=O) groups is 1. The molecule has 2 aliphatic rings. The van der Waals surface area contributed by atoms with Crippen molar-refractivity contribution in [3.05, 3.63) is 52.3 Å². The highest BCUT2D eigenvalue weighted by Crippen LogP contribution is 2.34. The van der Waals surface area contributed by atoms with Crippen LogP contribution in [-0.2, 0) is 0 Å².